The molecular weight excluding hydrogens is 432 g/mol. The molecule has 1 amide bonds. The summed E-state index contributed by atoms with van der Waals surface area (Å²) in [5, 5.41) is 12.3. The van der Waals surface area contributed by atoms with Crippen molar-refractivity contribution in [1.29, 1.82) is 5.26 Å². The van der Waals surface area contributed by atoms with E-state index in [4.69, 9.17) is 4.74 Å². The van der Waals surface area contributed by atoms with E-state index in [0.29, 0.717) is 36.1 Å². The average Bonchev–Trinajstić information content (AvgIpc) is 3.32. The number of nitrogens with zero attached hydrogens (tertiary/aromatic N) is 7. The van der Waals surface area contributed by atoms with Crippen molar-refractivity contribution in [3.8, 4) is 17.9 Å². The second kappa shape index (κ2) is 10.9. The van der Waals surface area contributed by atoms with Crippen LogP contribution in [0.4, 0.5) is 0 Å². The largest absolute Gasteiger partial charge is 0.477 e. The molecule has 0 bridgehead atoms. The maximum atomic E-state index is 12.7. The first-order valence-electron chi connectivity index (χ1n) is 11.4. The molecular formula is C24H28N8O2. The van der Waals surface area contributed by atoms with Gasteiger partial charge in [-0.05, 0) is 63.4 Å². The Kier molecular flexibility index (Phi) is 7.44. The second-order valence-corrected chi connectivity index (χ2v) is 8.24. The molecule has 10 heteroatoms. The highest BCUT2D eigenvalue weighted by Crippen LogP contribution is 2.21. The fraction of sp³-hybridized carbons (Fsp3) is 0.417. The second-order valence-electron chi connectivity index (χ2n) is 8.24. The van der Waals surface area contributed by atoms with Crippen LogP contribution in [-0.2, 0) is 6.54 Å². The highest BCUT2D eigenvalue weighted by molar-refractivity contribution is 5.92. The normalized spacial score (nSPS) is 14.5. The lowest BCUT2D eigenvalue weighted by molar-refractivity contribution is 0.0928. The topological polar surface area (TPSA) is 122 Å². The lowest BCUT2D eigenvalue weighted by atomic mass is 9.96. The zero-order valence-electron chi connectivity index (χ0n) is 19.4. The van der Waals surface area contributed by atoms with Crippen LogP contribution in [0.15, 0.2) is 36.9 Å². The SMILES string of the molecule is CCOc1nc(C(=O)NCC2CCN(Cc3nccn3-c3ncccn3)CC2)cc(C)c1C#N. The van der Waals surface area contributed by atoms with Crippen LogP contribution in [0.1, 0.15) is 47.2 Å². The highest BCUT2D eigenvalue weighted by Gasteiger charge is 2.22. The van der Waals surface area contributed by atoms with E-state index in [1.54, 1.807) is 37.6 Å². The Morgan fingerprint density at radius 3 is 2.71 bits per heavy atom. The molecule has 176 valence electrons. The van der Waals surface area contributed by atoms with E-state index in [1.165, 1.54) is 0 Å². The molecule has 3 aromatic rings. The van der Waals surface area contributed by atoms with Crippen LogP contribution in [0.2, 0.25) is 0 Å². The third-order valence-corrected chi connectivity index (χ3v) is 5.92. The number of amides is 1. The van der Waals surface area contributed by atoms with Gasteiger partial charge in [-0.3, -0.25) is 14.3 Å². The number of aromatic nitrogens is 5. The van der Waals surface area contributed by atoms with Gasteiger partial charge in [-0.2, -0.15) is 5.26 Å². The third kappa shape index (κ3) is 5.38. The van der Waals surface area contributed by atoms with Gasteiger partial charge in [-0.25, -0.2) is 19.9 Å². The van der Waals surface area contributed by atoms with E-state index < -0.39 is 0 Å². The molecule has 0 atom stereocenters. The maximum absolute atomic E-state index is 12.7. The first-order chi connectivity index (χ1) is 16.6. The Labute approximate surface area is 198 Å². The van der Waals surface area contributed by atoms with E-state index >= 15 is 0 Å². The van der Waals surface area contributed by atoms with E-state index in [2.05, 4.69) is 36.2 Å². The minimum Gasteiger partial charge on any atom is -0.477 e. The number of carbonyl (C=O) groups is 1. The van der Waals surface area contributed by atoms with Crippen LogP contribution >= 0.6 is 0 Å². The number of likely N-dealkylation sites (tertiary alicyclic amines) is 1. The fourth-order valence-corrected chi connectivity index (χ4v) is 4.06. The van der Waals surface area contributed by atoms with E-state index in [1.807, 2.05) is 17.7 Å². The Hall–Kier alpha value is -3.84. The highest BCUT2D eigenvalue weighted by atomic mass is 16.5. The number of imidazole rings is 1. The van der Waals surface area contributed by atoms with Crippen molar-refractivity contribution >= 4 is 5.91 Å². The van der Waals surface area contributed by atoms with E-state index in [0.717, 1.165) is 38.3 Å². The molecule has 4 rings (SSSR count). The summed E-state index contributed by atoms with van der Waals surface area (Å²) in [4.78, 5) is 32.4. The van der Waals surface area contributed by atoms with E-state index in [-0.39, 0.29) is 17.5 Å². The molecule has 34 heavy (non-hydrogen) atoms. The van der Waals surface area contributed by atoms with Crippen LogP contribution in [0.3, 0.4) is 0 Å². The predicted molar refractivity (Wildman–Crippen MR) is 124 cm³/mol. The lowest BCUT2D eigenvalue weighted by Gasteiger charge is -2.31. The number of carbonyl (C=O) groups excluding carboxylic acids is 1. The molecule has 1 saturated heterocycles. The number of hydrogen-bond donors (Lipinski definition) is 1. The molecule has 3 aromatic heterocycles. The van der Waals surface area contributed by atoms with Crippen LogP contribution in [0, 0.1) is 24.2 Å². The van der Waals surface area contributed by atoms with Crippen molar-refractivity contribution in [2.75, 3.05) is 26.2 Å². The summed E-state index contributed by atoms with van der Waals surface area (Å²) >= 11 is 0. The van der Waals surface area contributed by atoms with Gasteiger partial charge < -0.3 is 10.1 Å². The number of hydrogen-bond acceptors (Lipinski definition) is 8. The molecule has 0 aromatic carbocycles. The number of nitrogens with one attached hydrogen (secondary N) is 1. The Balaban J connectivity index is 1.29. The number of ether oxygens (including phenoxy) is 1. The summed E-state index contributed by atoms with van der Waals surface area (Å²) in [6, 6.07) is 5.52. The molecule has 0 unspecified atom stereocenters. The van der Waals surface area contributed by atoms with Gasteiger partial charge in [0.25, 0.3) is 5.91 Å². The van der Waals surface area contributed by atoms with Crippen molar-refractivity contribution in [2.24, 2.45) is 5.92 Å². The summed E-state index contributed by atoms with van der Waals surface area (Å²) in [5.74, 6) is 1.88. The van der Waals surface area contributed by atoms with Crippen molar-refractivity contribution in [3.63, 3.8) is 0 Å². The first-order valence-corrected chi connectivity index (χ1v) is 11.4. The van der Waals surface area contributed by atoms with Gasteiger partial charge in [-0.15, -0.1) is 0 Å². The Morgan fingerprint density at radius 1 is 1.24 bits per heavy atom. The smallest absolute Gasteiger partial charge is 0.270 e. The number of pyridine rings is 1. The maximum Gasteiger partial charge on any atom is 0.270 e. The summed E-state index contributed by atoms with van der Waals surface area (Å²) < 4.78 is 7.36. The molecule has 1 aliphatic heterocycles. The summed E-state index contributed by atoms with van der Waals surface area (Å²) in [6.45, 7) is 7.13. The van der Waals surface area contributed by atoms with Gasteiger partial charge in [0.05, 0.1) is 13.2 Å². The van der Waals surface area contributed by atoms with Crippen molar-refractivity contribution in [3.05, 3.63) is 59.6 Å². The van der Waals surface area contributed by atoms with Crippen molar-refractivity contribution in [1.82, 2.24) is 34.7 Å². The molecule has 0 radical (unpaired) electrons. The number of aryl methyl sites for hydroxylation is 1. The molecule has 0 saturated carbocycles. The summed E-state index contributed by atoms with van der Waals surface area (Å²) in [5.41, 5.74) is 1.32. The third-order valence-electron chi connectivity index (χ3n) is 5.92. The zero-order chi connectivity index (χ0) is 23.9. The van der Waals surface area contributed by atoms with Gasteiger partial charge in [-0.1, -0.05) is 0 Å². The zero-order valence-corrected chi connectivity index (χ0v) is 19.4. The van der Waals surface area contributed by atoms with Gasteiger partial charge in [0.2, 0.25) is 11.8 Å². The van der Waals surface area contributed by atoms with Gasteiger partial charge >= 0.3 is 0 Å². The predicted octanol–water partition coefficient (Wildman–Crippen LogP) is 2.28. The Morgan fingerprint density at radius 2 is 2.00 bits per heavy atom. The number of nitriles is 1. The van der Waals surface area contributed by atoms with Crippen LogP contribution in [0.25, 0.3) is 5.95 Å². The molecule has 0 spiro atoms. The first kappa shape index (κ1) is 23.3. The number of rotatable bonds is 8. The van der Waals surface area contributed by atoms with E-state index in [9.17, 15) is 10.1 Å². The minimum atomic E-state index is -0.249. The lowest BCUT2D eigenvalue weighted by Crippen LogP contribution is -2.39. The summed E-state index contributed by atoms with van der Waals surface area (Å²) in [7, 11) is 0. The van der Waals surface area contributed by atoms with Crippen LogP contribution in [-0.4, -0.2) is 61.6 Å². The number of piperidine rings is 1. The van der Waals surface area contributed by atoms with Crippen LogP contribution in [0.5, 0.6) is 5.88 Å². The molecule has 10 nitrogen and oxygen atoms in total. The van der Waals surface area contributed by atoms with Crippen LogP contribution < -0.4 is 10.1 Å². The van der Waals surface area contributed by atoms with Crippen molar-refractivity contribution in [2.45, 2.75) is 33.2 Å². The Bertz CT molecular complexity index is 1160. The standard InChI is InChI=1S/C24H28N8O2/c1-3-34-23-19(14-25)17(2)13-20(30-23)22(33)29-15-18-5-10-31(11-6-18)16-21-26-9-12-32(21)24-27-7-4-8-28-24/h4,7-9,12-13,18H,3,5-6,10-11,15-16H2,1-2H3,(H,29,33). The monoisotopic (exact) mass is 460 g/mol. The van der Waals surface area contributed by atoms with Gasteiger partial charge in [0, 0.05) is 31.3 Å². The van der Waals surface area contributed by atoms with Gasteiger partial charge in [0.1, 0.15) is 23.2 Å². The quantitative estimate of drug-likeness (QED) is 0.543. The summed E-state index contributed by atoms with van der Waals surface area (Å²) in [6.07, 6.45) is 9.04. The average molecular weight is 461 g/mol. The fourth-order valence-electron chi connectivity index (χ4n) is 4.06. The molecule has 1 aliphatic rings. The molecule has 1 N–H and O–H groups in total. The van der Waals surface area contributed by atoms with Crippen molar-refractivity contribution < 1.29 is 9.53 Å². The van der Waals surface area contributed by atoms with Gasteiger partial charge in [0.15, 0.2) is 0 Å². The molecule has 4 heterocycles. The molecule has 1 fully saturated rings. The minimum absolute atomic E-state index is 0.211. The molecule has 0 aliphatic carbocycles.